The average molecular weight is 559 g/mol. The van der Waals surface area contributed by atoms with Gasteiger partial charge in [0.15, 0.2) is 0 Å². The lowest BCUT2D eigenvalue weighted by Gasteiger charge is -2.47. The van der Waals surface area contributed by atoms with Gasteiger partial charge in [0.05, 0.1) is 12.4 Å². The van der Waals surface area contributed by atoms with E-state index in [0.29, 0.717) is 10.9 Å². The molecule has 37 heavy (non-hydrogen) atoms. The van der Waals surface area contributed by atoms with Crippen LogP contribution in [0, 0.1) is 0 Å². The molecule has 2 aromatic heterocycles. The van der Waals surface area contributed by atoms with Crippen LogP contribution in [0.2, 0.25) is 0 Å². The summed E-state index contributed by atoms with van der Waals surface area (Å²) in [6.07, 6.45) is -0.992. The zero-order chi connectivity index (χ0) is 27.9. The number of halogens is 6. The van der Waals surface area contributed by atoms with Crippen molar-refractivity contribution in [1.29, 1.82) is 0 Å². The van der Waals surface area contributed by atoms with Crippen molar-refractivity contribution >= 4 is 23.7 Å². The van der Waals surface area contributed by atoms with Crippen molar-refractivity contribution in [2.75, 3.05) is 18.8 Å². The number of carboxylic acids is 2. The Balaban J connectivity index is 0.000000286. The van der Waals surface area contributed by atoms with Crippen molar-refractivity contribution in [1.82, 2.24) is 19.7 Å². The number of likely N-dealkylation sites (tertiary alicyclic amines) is 1. The molecule has 2 N–H and O–H groups in total. The third-order valence-electron chi connectivity index (χ3n) is 5.04. The molecule has 4 heterocycles. The minimum absolute atomic E-state index is 0.314. The molecule has 0 bridgehead atoms. The molecule has 0 saturated carbocycles. The number of aryl methyl sites for hydroxylation is 1. The van der Waals surface area contributed by atoms with E-state index in [1.165, 1.54) is 5.56 Å². The van der Waals surface area contributed by atoms with Crippen molar-refractivity contribution in [3.05, 3.63) is 42.5 Å². The Hall–Kier alpha value is -3.01. The van der Waals surface area contributed by atoms with E-state index in [-0.39, 0.29) is 0 Å². The number of rotatable bonds is 5. The van der Waals surface area contributed by atoms with Crippen molar-refractivity contribution in [2.24, 2.45) is 0 Å². The largest absolute Gasteiger partial charge is 0.490 e. The third-order valence-corrected chi connectivity index (χ3v) is 6.61. The van der Waals surface area contributed by atoms with Gasteiger partial charge in [-0.15, -0.1) is 11.8 Å². The first-order chi connectivity index (χ1) is 17.1. The number of ether oxygens (including phenoxy) is 1. The predicted octanol–water partition coefficient (Wildman–Crippen LogP) is 3.70. The second kappa shape index (κ2) is 12.5. The van der Waals surface area contributed by atoms with Gasteiger partial charge in [-0.3, -0.25) is 14.6 Å². The van der Waals surface area contributed by atoms with Gasteiger partial charge in [-0.1, -0.05) is 0 Å². The maximum Gasteiger partial charge on any atom is 0.490 e. The first-order valence-electron chi connectivity index (χ1n) is 10.7. The zero-order valence-electron chi connectivity index (χ0n) is 19.4. The molecular formula is C21H24F6N4O5S. The quantitative estimate of drug-likeness (QED) is 0.530. The SMILES string of the molecule is CCn1cc(CN2CC3(CC(Oc4cccnc4)CS3)C2)cn1.O=C(O)C(F)(F)F.O=C(O)C(F)(F)F. The lowest BCUT2D eigenvalue weighted by atomic mass is 9.92. The number of hydrogen-bond acceptors (Lipinski definition) is 7. The number of pyridine rings is 1. The predicted molar refractivity (Wildman–Crippen MR) is 119 cm³/mol. The summed E-state index contributed by atoms with van der Waals surface area (Å²) in [5, 5.41) is 18.6. The van der Waals surface area contributed by atoms with Crippen LogP contribution >= 0.6 is 11.8 Å². The fourth-order valence-corrected chi connectivity index (χ4v) is 5.08. The maximum absolute atomic E-state index is 10.6. The van der Waals surface area contributed by atoms with Gasteiger partial charge < -0.3 is 14.9 Å². The Morgan fingerprint density at radius 1 is 1.14 bits per heavy atom. The van der Waals surface area contributed by atoms with Crippen LogP contribution in [0.15, 0.2) is 36.9 Å². The van der Waals surface area contributed by atoms with Crippen LogP contribution in [0.1, 0.15) is 18.9 Å². The van der Waals surface area contributed by atoms with Gasteiger partial charge in [-0.2, -0.15) is 31.4 Å². The number of nitrogens with zero attached hydrogens (tertiary/aromatic N) is 4. The van der Waals surface area contributed by atoms with Gasteiger partial charge >= 0.3 is 24.3 Å². The van der Waals surface area contributed by atoms with Crippen LogP contribution in [0.25, 0.3) is 0 Å². The molecule has 2 saturated heterocycles. The molecule has 0 aromatic carbocycles. The lowest BCUT2D eigenvalue weighted by molar-refractivity contribution is -0.193. The topological polar surface area (TPSA) is 118 Å². The highest BCUT2D eigenvalue weighted by Crippen LogP contribution is 2.46. The number of alkyl halides is 6. The van der Waals surface area contributed by atoms with Crippen molar-refractivity contribution in [3.63, 3.8) is 0 Å². The summed E-state index contributed by atoms with van der Waals surface area (Å²) in [4.78, 5) is 24.4. The van der Waals surface area contributed by atoms with E-state index in [4.69, 9.17) is 24.5 Å². The number of aliphatic carboxylic acids is 2. The molecule has 1 unspecified atom stereocenters. The van der Waals surface area contributed by atoms with Gasteiger partial charge in [0, 0.05) is 61.1 Å². The summed E-state index contributed by atoms with van der Waals surface area (Å²) in [6.45, 7) is 6.38. The monoisotopic (exact) mass is 558 g/mol. The van der Waals surface area contributed by atoms with Crippen molar-refractivity contribution < 1.29 is 50.9 Å². The highest BCUT2D eigenvalue weighted by Gasteiger charge is 2.49. The lowest BCUT2D eigenvalue weighted by Crippen LogP contribution is -2.58. The van der Waals surface area contributed by atoms with E-state index in [0.717, 1.165) is 44.1 Å². The van der Waals surface area contributed by atoms with Gasteiger partial charge in [-0.05, 0) is 19.1 Å². The Kier molecular flexibility index (Phi) is 10.2. The Labute approximate surface area is 211 Å². The Morgan fingerprint density at radius 2 is 1.73 bits per heavy atom. The minimum Gasteiger partial charge on any atom is -0.488 e. The summed E-state index contributed by atoms with van der Waals surface area (Å²) < 4.78 is 71.9. The van der Waals surface area contributed by atoms with Gasteiger partial charge in [0.1, 0.15) is 11.9 Å². The van der Waals surface area contributed by atoms with Crippen molar-refractivity contribution in [2.45, 2.75) is 49.6 Å². The van der Waals surface area contributed by atoms with E-state index in [9.17, 15) is 26.3 Å². The Morgan fingerprint density at radius 3 is 2.19 bits per heavy atom. The fourth-order valence-electron chi connectivity index (χ4n) is 3.51. The molecule has 1 spiro atoms. The van der Waals surface area contributed by atoms with Gasteiger partial charge in [-0.25, -0.2) is 9.59 Å². The summed E-state index contributed by atoms with van der Waals surface area (Å²) in [5.41, 5.74) is 1.31. The maximum atomic E-state index is 10.6. The fraction of sp³-hybridized carbons (Fsp3) is 0.524. The van der Waals surface area contributed by atoms with E-state index >= 15 is 0 Å². The van der Waals surface area contributed by atoms with Crippen LogP contribution in [-0.4, -0.2) is 83.9 Å². The molecule has 206 valence electrons. The second-order valence-corrected chi connectivity index (χ2v) is 9.57. The number of carbonyl (C=O) groups is 2. The first kappa shape index (κ1) is 30.2. The standard InChI is InChI=1S/C17H22N4OS.2C2HF3O2/c1-2-21-10-14(7-19-21)9-20-12-17(13-20)6-16(11-23-17)22-15-4-3-5-18-8-15;2*3-2(4,5)1(6)7/h3-5,7-8,10,16H,2,6,9,11-13H2,1H3;2*(H,6,7). The normalized spacial score (nSPS) is 18.6. The highest BCUT2D eigenvalue weighted by molar-refractivity contribution is 8.01. The minimum atomic E-state index is -5.08. The molecule has 0 aliphatic carbocycles. The summed E-state index contributed by atoms with van der Waals surface area (Å²) in [6, 6.07) is 3.91. The molecule has 1 atom stereocenters. The molecule has 2 aliphatic heterocycles. The number of carboxylic acid groups (broad SMARTS) is 2. The van der Waals surface area contributed by atoms with Crippen LogP contribution in [-0.2, 0) is 22.7 Å². The third kappa shape index (κ3) is 9.76. The number of aromatic nitrogens is 3. The van der Waals surface area contributed by atoms with Crippen LogP contribution in [0.3, 0.4) is 0 Å². The molecule has 9 nitrogen and oxygen atoms in total. The van der Waals surface area contributed by atoms with Crippen LogP contribution in [0.5, 0.6) is 5.75 Å². The van der Waals surface area contributed by atoms with Crippen LogP contribution in [0.4, 0.5) is 26.3 Å². The summed E-state index contributed by atoms with van der Waals surface area (Å²) in [5.74, 6) is -3.55. The van der Waals surface area contributed by atoms with Gasteiger partial charge in [0.25, 0.3) is 0 Å². The zero-order valence-corrected chi connectivity index (χ0v) is 20.2. The molecule has 4 rings (SSSR count). The molecule has 2 aliphatic rings. The average Bonchev–Trinajstić information content (AvgIpc) is 3.41. The molecule has 0 radical (unpaired) electrons. The molecule has 2 fully saturated rings. The smallest absolute Gasteiger partial charge is 0.488 e. The second-order valence-electron chi connectivity index (χ2n) is 8.08. The van der Waals surface area contributed by atoms with Crippen LogP contribution < -0.4 is 4.74 Å². The number of hydrogen-bond donors (Lipinski definition) is 2. The van der Waals surface area contributed by atoms with E-state index < -0.39 is 24.3 Å². The van der Waals surface area contributed by atoms with E-state index in [1.54, 1.807) is 12.4 Å². The van der Waals surface area contributed by atoms with E-state index in [1.807, 2.05) is 23.0 Å². The van der Waals surface area contributed by atoms with Gasteiger partial charge in [0.2, 0.25) is 0 Å². The van der Waals surface area contributed by atoms with Crippen molar-refractivity contribution in [3.8, 4) is 5.75 Å². The summed E-state index contributed by atoms with van der Waals surface area (Å²) >= 11 is 2.07. The molecular weight excluding hydrogens is 534 g/mol. The molecule has 2 aromatic rings. The Bertz CT molecular complexity index is 1000. The molecule has 0 amide bonds. The first-order valence-corrected chi connectivity index (χ1v) is 11.7. The highest BCUT2D eigenvalue weighted by atomic mass is 32.2. The van der Waals surface area contributed by atoms with E-state index in [2.05, 4.69) is 39.9 Å². The number of thioether (sulfide) groups is 1. The molecule has 16 heteroatoms. The summed E-state index contributed by atoms with van der Waals surface area (Å²) in [7, 11) is 0.